The topological polar surface area (TPSA) is 70.2 Å². The second kappa shape index (κ2) is 7.16. The summed E-state index contributed by atoms with van der Waals surface area (Å²) in [6.07, 6.45) is 1.73. The SMILES string of the molecule is O=C(NCc1ccccn1)[C@H]1CN(c2nc3ccccc3s2)CCN1. The third-order valence-corrected chi connectivity index (χ3v) is 5.31. The molecule has 128 valence electrons. The maximum atomic E-state index is 12.5. The largest absolute Gasteiger partial charge is 0.349 e. The number of aromatic nitrogens is 2. The number of hydrogen-bond acceptors (Lipinski definition) is 6. The average Bonchev–Trinajstić information content (AvgIpc) is 3.11. The quantitative estimate of drug-likeness (QED) is 0.748. The van der Waals surface area contributed by atoms with Gasteiger partial charge in [-0.25, -0.2) is 4.98 Å². The molecule has 0 aliphatic carbocycles. The van der Waals surface area contributed by atoms with Crippen LogP contribution in [-0.2, 0) is 11.3 Å². The first-order chi connectivity index (χ1) is 12.3. The molecule has 7 heteroatoms. The summed E-state index contributed by atoms with van der Waals surface area (Å²) in [6.45, 7) is 2.67. The van der Waals surface area contributed by atoms with Crippen LogP contribution in [0.25, 0.3) is 10.2 Å². The summed E-state index contributed by atoms with van der Waals surface area (Å²) in [5.74, 6) is -0.00327. The van der Waals surface area contributed by atoms with Crippen molar-refractivity contribution >= 4 is 32.6 Å². The predicted molar refractivity (Wildman–Crippen MR) is 99.7 cm³/mol. The highest BCUT2D eigenvalue weighted by atomic mass is 32.1. The first-order valence-electron chi connectivity index (χ1n) is 8.31. The lowest BCUT2D eigenvalue weighted by Gasteiger charge is -2.32. The van der Waals surface area contributed by atoms with Gasteiger partial charge >= 0.3 is 0 Å². The van der Waals surface area contributed by atoms with Crippen LogP contribution in [-0.4, -0.2) is 41.6 Å². The third kappa shape index (κ3) is 3.62. The summed E-state index contributed by atoms with van der Waals surface area (Å²) in [5, 5.41) is 7.23. The zero-order valence-electron chi connectivity index (χ0n) is 13.7. The van der Waals surface area contributed by atoms with Gasteiger partial charge in [-0.2, -0.15) is 0 Å². The monoisotopic (exact) mass is 353 g/mol. The Labute approximate surface area is 149 Å². The molecule has 0 unspecified atom stereocenters. The molecule has 0 spiro atoms. The van der Waals surface area contributed by atoms with E-state index in [4.69, 9.17) is 4.98 Å². The maximum absolute atomic E-state index is 12.5. The number of nitrogens with one attached hydrogen (secondary N) is 2. The van der Waals surface area contributed by atoms with Crippen LogP contribution in [0.4, 0.5) is 5.13 Å². The van der Waals surface area contributed by atoms with Gasteiger partial charge in [0.1, 0.15) is 6.04 Å². The number of benzene rings is 1. The smallest absolute Gasteiger partial charge is 0.239 e. The Kier molecular flexibility index (Phi) is 4.58. The summed E-state index contributed by atoms with van der Waals surface area (Å²) >= 11 is 1.67. The molecule has 1 aliphatic heterocycles. The molecule has 0 radical (unpaired) electrons. The fourth-order valence-electron chi connectivity index (χ4n) is 2.90. The van der Waals surface area contributed by atoms with Crippen molar-refractivity contribution in [2.24, 2.45) is 0 Å². The van der Waals surface area contributed by atoms with Crippen LogP contribution in [0.2, 0.25) is 0 Å². The van der Waals surface area contributed by atoms with Gasteiger partial charge in [-0.3, -0.25) is 9.78 Å². The number of carbonyl (C=O) groups is 1. The number of rotatable bonds is 4. The van der Waals surface area contributed by atoms with Crippen molar-refractivity contribution in [1.82, 2.24) is 20.6 Å². The zero-order chi connectivity index (χ0) is 17.1. The van der Waals surface area contributed by atoms with Gasteiger partial charge in [0.2, 0.25) is 5.91 Å². The lowest BCUT2D eigenvalue weighted by Crippen LogP contribution is -2.57. The van der Waals surface area contributed by atoms with Crippen molar-refractivity contribution < 1.29 is 4.79 Å². The van der Waals surface area contributed by atoms with Gasteiger partial charge in [0.05, 0.1) is 22.5 Å². The zero-order valence-corrected chi connectivity index (χ0v) is 14.5. The molecule has 1 aromatic carbocycles. The fourth-order valence-corrected chi connectivity index (χ4v) is 3.90. The van der Waals surface area contributed by atoms with Crippen molar-refractivity contribution in [3.63, 3.8) is 0 Å². The van der Waals surface area contributed by atoms with Crippen LogP contribution in [0, 0.1) is 0 Å². The highest BCUT2D eigenvalue weighted by Crippen LogP contribution is 2.29. The Hall–Kier alpha value is -2.51. The van der Waals surface area contributed by atoms with E-state index in [0.717, 1.165) is 29.4 Å². The van der Waals surface area contributed by atoms with Crippen molar-refractivity contribution in [3.8, 4) is 0 Å². The molecule has 0 bridgehead atoms. The highest BCUT2D eigenvalue weighted by Gasteiger charge is 2.26. The number of para-hydroxylation sites is 1. The molecule has 4 rings (SSSR count). The molecule has 1 fully saturated rings. The molecule has 1 aliphatic rings. The van der Waals surface area contributed by atoms with Crippen molar-refractivity contribution in [2.45, 2.75) is 12.6 Å². The summed E-state index contributed by atoms with van der Waals surface area (Å²) < 4.78 is 1.17. The minimum absolute atomic E-state index is 0.00327. The second-order valence-electron chi connectivity index (χ2n) is 5.96. The average molecular weight is 353 g/mol. The number of anilines is 1. The Bertz CT molecular complexity index is 833. The Morgan fingerprint density at radius 1 is 1.28 bits per heavy atom. The lowest BCUT2D eigenvalue weighted by atomic mass is 10.2. The van der Waals surface area contributed by atoms with Crippen LogP contribution >= 0.6 is 11.3 Å². The van der Waals surface area contributed by atoms with Crippen LogP contribution in [0.15, 0.2) is 48.7 Å². The molecule has 25 heavy (non-hydrogen) atoms. The maximum Gasteiger partial charge on any atom is 0.239 e. The van der Waals surface area contributed by atoms with Crippen molar-refractivity contribution in [2.75, 3.05) is 24.5 Å². The molecule has 1 atom stereocenters. The first-order valence-corrected chi connectivity index (χ1v) is 9.13. The predicted octanol–water partition coefficient (Wildman–Crippen LogP) is 1.79. The van der Waals surface area contributed by atoms with Gasteiger partial charge in [-0.15, -0.1) is 0 Å². The normalized spacial score (nSPS) is 17.6. The molecule has 1 amide bonds. The van der Waals surface area contributed by atoms with E-state index in [1.807, 2.05) is 36.4 Å². The van der Waals surface area contributed by atoms with E-state index < -0.39 is 0 Å². The van der Waals surface area contributed by atoms with E-state index in [-0.39, 0.29) is 11.9 Å². The van der Waals surface area contributed by atoms with Crippen LogP contribution in [0.3, 0.4) is 0 Å². The molecule has 6 nitrogen and oxygen atoms in total. The highest BCUT2D eigenvalue weighted by molar-refractivity contribution is 7.22. The summed E-state index contributed by atoms with van der Waals surface area (Å²) in [4.78, 5) is 23.6. The molecular weight excluding hydrogens is 334 g/mol. The van der Waals surface area contributed by atoms with E-state index in [1.54, 1.807) is 17.5 Å². The number of fused-ring (bicyclic) bond motifs is 1. The van der Waals surface area contributed by atoms with Crippen molar-refractivity contribution in [3.05, 3.63) is 54.4 Å². The number of piperazine rings is 1. The fraction of sp³-hybridized carbons (Fsp3) is 0.278. The number of thiazole rings is 1. The number of hydrogen-bond donors (Lipinski definition) is 2. The summed E-state index contributed by atoms with van der Waals surface area (Å²) in [5.41, 5.74) is 1.87. The minimum Gasteiger partial charge on any atom is -0.349 e. The molecule has 3 heterocycles. The Balaban J connectivity index is 1.41. The van der Waals surface area contributed by atoms with Crippen molar-refractivity contribution in [1.29, 1.82) is 0 Å². The molecule has 2 N–H and O–H groups in total. The van der Waals surface area contributed by atoms with E-state index in [0.29, 0.717) is 13.1 Å². The van der Waals surface area contributed by atoms with Crippen LogP contribution in [0.5, 0.6) is 0 Å². The Morgan fingerprint density at radius 3 is 3.00 bits per heavy atom. The van der Waals surface area contributed by atoms with Gasteiger partial charge in [0, 0.05) is 25.8 Å². The Morgan fingerprint density at radius 2 is 2.16 bits per heavy atom. The molecule has 3 aromatic rings. The van der Waals surface area contributed by atoms with E-state index in [2.05, 4.69) is 26.6 Å². The summed E-state index contributed by atoms with van der Waals surface area (Å²) in [6, 6.07) is 13.6. The first kappa shape index (κ1) is 16.0. The van der Waals surface area contributed by atoms with Gasteiger partial charge in [-0.1, -0.05) is 29.5 Å². The van der Waals surface area contributed by atoms with E-state index in [1.165, 1.54) is 4.70 Å². The summed E-state index contributed by atoms with van der Waals surface area (Å²) in [7, 11) is 0. The van der Waals surface area contributed by atoms with Gasteiger partial charge in [0.15, 0.2) is 5.13 Å². The molecule has 2 aromatic heterocycles. The number of carbonyl (C=O) groups excluding carboxylic acids is 1. The number of pyridine rings is 1. The van der Waals surface area contributed by atoms with E-state index in [9.17, 15) is 4.79 Å². The van der Waals surface area contributed by atoms with Gasteiger partial charge in [-0.05, 0) is 24.3 Å². The number of nitrogens with zero attached hydrogens (tertiary/aromatic N) is 3. The van der Waals surface area contributed by atoms with Gasteiger partial charge < -0.3 is 15.5 Å². The second-order valence-corrected chi connectivity index (χ2v) is 6.96. The lowest BCUT2D eigenvalue weighted by molar-refractivity contribution is -0.123. The van der Waals surface area contributed by atoms with Crippen LogP contribution < -0.4 is 15.5 Å². The minimum atomic E-state index is -0.246. The van der Waals surface area contributed by atoms with Crippen LogP contribution in [0.1, 0.15) is 5.69 Å². The molecule has 1 saturated heterocycles. The molecule has 0 saturated carbocycles. The third-order valence-electron chi connectivity index (χ3n) is 4.21. The van der Waals surface area contributed by atoms with Gasteiger partial charge in [0.25, 0.3) is 0 Å². The van der Waals surface area contributed by atoms with E-state index >= 15 is 0 Å². The number of amides is 1. The standard InChI is InChI=1S/C18H19N5OS/c24-17(21-11-13-5-3-4-8-19-13)15-12-23(10-9-20-15)18-22-14-6-1-2-7-16(14)25-18/h1-8,15,20H,9-12H2,(H,21,24)/t15-/m1/s1. The molecular formula is C18H19N5OS.